The van der Waals surface area contributed by atoms with E-state index in [0.29, 0.717) is 40.7 Å². The second-order valence-electron chi connectivity index (χ2n) is 7.15. The molecule has 3 aromatic rings. The topological polar surface area (TPSA) is 125 Å². The maximum atomic E-state index is 10.0. The maximum absolute atomic E-state index is 10.0. The number of allylic oxidation sites excluding steroid dienone is 1. The van der Waals surface area contributed by atoms with Gasteiger partial charge in [-0.25, -0.2) is 0 Å². The largest absolute Gasteiger partial charge is 0.496 e. The molecule has 9 nitrogen and oxygen atoms in total. The van der Waals surface area contributed by atoms with Crippen LogP contribution in [0.2, 0.25) is 0 Å². The fraction of sp³-hybridized carbons (Fsp3) is 0.250. The molecule has 1 aliphatic rings. The van der Waals surface area contributed by atoms with Gasteiger partial charge in [0.25, 0.3) is 0 Å². The van der Waals surface area contributed by atoms with E-state index in [1.165, 1.54) is 0 Å². The standard InChI is InChI=1S/C24H24N4O5/c1-5-32-14-8-6-13(7-9-14)22-21-19(16(12-25)23(26)33-24(21)28-27-22)20-17(30-3)10-15(29-2)11-18(20)31-4/h6-11,19H,5,26H2,1-4H3,(H,27,28)/t19-/m1/s1. The number of hydrogen-bond donors (Lipinski definition) is 2. The molecular formula is C24H24N4O5. The number of ether oxygens (including phenoxy) is 5. The SMILES string of the molecule is CCOc1ccc(-c2[nH]nc3c2[C@@H](c2c(OC)cc(OC)cc2OC)C(C#N)=C(N)O3)cc1. The van der Waals surface area contributed by atoms with E-state index in [1.54, 1.807) is 33.5 Å². The van der Waals surface area contributed by atoms with Gasteiger partial charge in [-0.15, -0.1) is 5.10 Å². The summed E-state index contributed by atoms with van der Waals surface area (Å²) in [5, 5.41) is 17.4. The van der Waals surface area contributed by atoms with Crippen molar-refractivity contribution >= 4 is 0 Å². The molecular weight excluding hydrogens is 424 g/mol. The van der Waals surface area contributed by atoms with E-state index in [-0.39, 0.29) is 17.3 Å². The Labute approximate surface area is 191 Å². The van der Waals surface area contributed by atoms with E-state index in [4.69, 9.17) is 29.4 Å². The van der Waals surface area contributed by atoms with E-state index < -0.39 is 5.92 Å². The molecule has 4 rings (SSSR count). The highest BCUT2D eigenvalue weighted by molar-refractivity contribution is 5.73. The van der Waals surface area contributed by atoms with E-state index >= 15 is 0 Å². The van der Waals surface area contributed by atoms with Gasteiger partial charge in [0, 0.05) is 23.3 Å². The van der Waals surface area contributed by atoms with Crippen molar-refractivity contribution in [2.75, 3.05) is 27.9 Å². The van der Waals surface area contributed by atoms with Gasteiger partial charge in [-0.3, -0.25) is 5.10 Å². The summed E-state index contributed by atoms with van der Waals surface area (Å²) in [6.07, 6.45) is 0. The summed E-state index contributed by atoms with van der Waals surface area (Å²) in [5.74, 6) is 1.85. The molecule has 1 aliphatic heterocycles. The summed E-state index contributed by atoms with van der Waals surface area (Å²) < 4.78 is 28.0. The summed E-state index contributed by atoms with van der Waals surface area (Å²) in [6.45, 7) is 2.50. The number of hydrogen-bond acceptors (Lipinski definition) is 8. The molecule has 1 atom stereocenters. The van der Waals surface area contributed by atoms with Gasteiger partial charge in [0.05, 0.1) is 45.1 Å². The highest BCUT2D eigenvalue weighted by Crippen LogP contribution is 2.51. The number of fused-ring (bicyclic) bond motifs is 1. The molecule has 0 amide bonds. The molecule has 0 unspecified atom stereocenters. The number of aromatic amines is 1. The van der Waals surface area contributed by atoms with Crippen LogP contribution in [0.1, 0.15) is 24.0 Å². The van der Waals surface area contributed by atoms with Gasteiger partial charge in [0.2, 0.25) is 11.8 Å². The van der Waals surface area contributed by atoms with Gasteiger partial charge < -0.3 is 29.4 Å². The predicted octanol–water partition coefficient (Wildman–Crippen LogP) is 3.72. The van der Waals surface area contributed by atoms with E-state index in [2.05, 4.69) is 16.3 Å². The fourth-order valence-electron chi connectivity index (χ4n) is 3.96. The smallest absolute Gasteiger partial charge is 0.244 e. The Bertz CT molecular complexity index is 1220. The van der Waals surface area contributed by atoms with Crippen LogP contribution >= 0.6 is 0 Å². The average Bonchev–Trinajstić information content (AvgIpc) is 3.26. The molecule has 33 heavy (non-hydrogen) atoms. The molecule has 0 saturated heterocycles. The van der Waals surface area contributed by atoms with Crippen molar-refractivity contribution in [1.29, 1.82) is 5.26 Å². The summed E-state index contributed by atoms with van der Waals surface area (Å²) in [4.78, 5) is 0. The summed E-state index contributed by atoms with van der Waals surface area (Å²) in [6, 6.07) is 13.2. The molecule has 0 saturated carbocycles. The molecule has 2 heterocycles. The average molecular weight is 448 g/mol. The van der Waals surface area contributed by atoms with Crippen LogP contribution in [-0.4, -0.2) is 38.1 Å². The number of rotatable bonds is 7. The van der Waals surface area contributed by atoms with Crippen molar-refractivity contribution in [3.05, 3.63) is 59.0 Å². The number of benzene rings is 2. The van der Waals surface area contributed by atoms with Crippen molar-refractivity contribution in [3.8, 4) is 46.2 Å². The second-order valence-corrected chi connectivity index (χ2v) is 7.15. The number of nitrogens with two attached hydrogens (primary N) is 1. The Morgan fingerprint density at radius 1 is 1.03 bits per heavy atom. The molecule has 3 N–H and O–H groups in total. The lowest BCUT2D eigenvalue weighted by Gasteiger charge is -2.27. The van der Waals surface area contributed by atoms with Crippen molar-refractivity contribution in [1.82, 2.24) is 10.2 Å². The minimum Gasteiger partial charge on any atom is -0.496 e. The zero-order valence-corrected chi connectivity index (χ0v) is 18.8. The third-order valence-corrected chi connectivity index (χ3v) is 5.43. The van der Waals surface area contributed by atoms with Crippen molar-refractivity contribution in [2.45, 2.75) is 12.8 Å². The lowest BCUT2D eigenvalue weighted by atomic mass is 9.82. The number of H-pyrrole nitrogens is 1. The summed E-state index contributed by atoms with van der Waals surface area (Å²) in [7, 11) is 4.64. The fourth-order valence-corrected chi connectivity index (χ4v) is 3.96. The number of nitrogens with zero attached hydrogens (tertiary/aromatic N) is 2. The van der Waals surface area contributed by atoms with Gasteiger partial charge in [0.1, 0.15) is 34.6 Å². The van der Waals surface area contributed by atoms with E-state index in [9.17, 15) is 5.26 Å². The Morgan fingerprint density at radius 2 is 1.70 bits per heavy atom. The maximum Gasteiger partial charge on any atom is 0.244 e. The van der Waals surface area contributed by atoms with Crippen LogP contribution in [0.5, 0.6) is 28.9 Å². The predicted molar refractivity (Wildman–Crippen MR) is 121 cm³/mol. The molecule has 0 fully saturated rings. The number of methoxy groups -OCH3 is 3. The summed E-state index contributed by atoms with van der Waals surface area (Å²) >= 11 is 0. The summed E-state index contributed by atoms with van der Waals surface area (Å²) in [5.41, 5.74) is 9.12. The third-order valence-electron chi connectivity index (χ3n) is 5.43. The molecule has 2 aromatic carbocycles. The minimum absolute atomic E-state index is 0.0281. The van der Waals surface area contributed by atoms with Crippen LogP contribution in [-0.2, 0) is 0 Å². The van der Waals surface area contributed by atoms with Gasteiger partial charge in [-0.2, -0.15) is 5.26 Å². The van der Waals surface area contributed by atoms with E-state index in [0.717, 1.165) is 11.3 Å². The zero-order chi connectivity index (χ0) is 23.5. The van der Waals surface area contributed by atoms with Crippen LogP contribution in [0, 0.1) is 11.3 Å². The third kappa shape index (κ3) is 3.76. The quantitative estimate of drug-likeness (QED) is 0.560. The molecule has 0 radical (unpaired) electrons. The molecule has 0 aliphatic carbocycles. The molecule has 0 bridgehead atoms. The Hall–Kier alpha value is -4.32. The number of nitrogens with one attached hydrogen (secondary N) is 1. The molecule has 170 valence electrons. The van der Waals surface area contributed by atoms with Gasteiger partial charge in [0.15, 0.2) is 0 Å². The van der Waals surface area contributed by atoms with Gasteiger partial charge in [-0.05, 0) is 31.2 Å². The first kappa shape index (κ1) is 21.9. The van der Waals surface area contributed by atoms with Crippen molar-refractivity contribution < 1.29 is 23.7 Å². The minimum atomic E-state index is -0.658. The lowest BCUT2D eigenvalue weighted by molar-refractivity contribution is 0.340. The normalized spacial score (nSPS) is 14.7. The van der Waals surface area contributed by atoms with Crippen molar-refractivity contribution in [2.24, 2.45) is 5.73 Å². The van der Waals surface area contributed by atoms with Crippen LogP contribution in [0.15, 0.2) is 47.9 Å². The van der Waals surface area contributed by atoms with Crippen LogP contribution in [0.25, 0.3) is 11.3 Å². The van der Waals surface area contributed by atoms with Crippen LogP contribution in [0.4, 0.5) is 0 Å². The molecule has 0 spiro atoms. The Balaban J connectivity index is 1.96. The van der Waals surface area contributed by atoms with Crippen molar-refractivity contribution in [3.63, 3.8) is 0 Å². The van der Waals surface area contributed by atoms with Gasteiger partial charge in [-0.1, -0.05) is 0 Å². The monoisotopic (exact) mass is 448 g/mol. The Morgan fingerprint density at radius 3 is 2.24 bits per heavy atom. The van der Waals surface area contributed by atoms with Gasteiger partial charge >= 0.3 is 0 Å². The zero-order valence-electron chi connectivity index (χ0n) is 18.8. The number of aromatic nitrogens is 2. The molecule has 9 heteroatoms. The Kier molecular flexibility index (Phi) is 6.00. The first-order valence-electron chi connectivity index (χ1n) is 10.2. The first-order chi connectivity index (χ1) is 16.1. The highest BCUT2D eigenvalue weighted by atomic mass is 16.5. The van der Waals surface area contributed by atoms with Crippen LogP contribution in [0.3, 0.4) is 0 Å². The molecule has 1 aromatic heterocycles. The van der Waals surface area contributed by atoms with Crippen LogP contribution < -0.4 is 29.4 Å². The first-order valence-corrected chi connectivity index (χ1v) is 10.2. The highest BCUT2D eigenvalue weighted by Gasteiger charge is 2.39. The van der Waals surface area contributed by atoms with E-state index in [1.807, 2.05) is 31.2 Å². The number of nitriles is 1. The second kappa shape index (κ2) is 9.04. The lowest BCUT2D eigenvalue weighted by Crippen LogP contribution is -2.21.